The number of nitrogens with zero attached hydrogens (tertiary/aromatic N) is 2. The van der Waals surface area contributed by atoms with Crippen LogP contribution < -0.4 is 5.32 Å². The molecule has 0 aliphatic heterocycles. The minimum absolute atomic E-state index is 0.0332. The van der Waals surface area contributed by atoms with E-state index >= 15 is 0 Å². The standard InChI is InChI=1S/C18H17N3O4/c22-17-7-6-16(21(23)24)10-14(17)11-19-9-8-15-12-25-18(20-15)13-4-2-1-3-5-13/h1-7,10,12,19,22H,8-9,11H2. The monoisotopic (exact) mass is 339 g/mol. The molecular formula is C18H17N3O4. The minimum Gasteiger partial charge on any atom is -0.508 e. The molecule has 0 aliphatic rings. The zero-order valence-electron chi connectivity index (χ0n) is 13.4. The molecule has 2 aromatic carbocycles. The Labute approximate surface area is 144 Å². The number of nitro groups is 1. The van der Waals surface area contributed by atoms with E-state index in [0.29, 0.717) is 31.0 Å². The number of aromatic hydroxyl groups is 1. The number of nitrogens with one attached hydrogen (secondary N) is 1. The Bertz CT molecular complexity index is 862. The Balaban J connectivity index is 1.53. The molecule has 2 N–H and O–H groups in total. The summed E-state index contributed by atoms with van der Waals surface area (Å²) in [6, 6.07) is 13.6. The van der Waals surface area contributed by atoms with E-state index in [0.717, 1.165) is 11.3 Å². The van der Waals surface area contributed by atoms with Crippen LogP contribution in [0.25, 0.3) is 11.5 Å². The summed E-state index contributed by atoms with van der Waals surface area (Å²) in [6.07, 6.45) is 2.26. The molecule has 25 heavy (non-hydrogen) atoms. The maximum atomic E-state index is 10.8. The Morgan fingerprint density at radius 2 is 2.00 bits per heavy atom. The van der Waals surface area contributed by atoms with Gasteiger partial charge in [0.1, 0.15) is 12.0 Å². The number of hydrogen-bond donors (Lipinski definition) is 2. The van der Waals surface area contributed by atoms with Gasteiger partial charge in [-0.3, -0.25) is 10.1 Å². The molecule has 0 atom stereocenters. The van der Waals surface area contributed by atoms with Gasteiger partial charge in [0, 0.05) is 42.8 Å². The van der Waals surface area contributed by atoms with Gasteiger partial charge in [-0.05, 0) is 18.2 Å². The van der Waals surface area contributed by atoms with Crippen LogP contribution in [-0.2, 0) is 13.0 Å². The Morgan fingerprint density at radius 3 is 2.76 bits per heavy atom. The Kier molecular flexibility index (Phi) is 5.06. The van der Waals surface area contributed by atoms with Gasteiger partial charge < -0.3 is 14.8 Å². The number of nitro benzene ring substituents is 1. The van der Waals surface area contributed by atoms with Crippen LogP contribution >= 0.6 is 0 Å². The molecule has 1 heterocycles. The molecule has 3 aromatic rings. The van der Waals surface area contributed by atoms with Crippen molar-refractivity contribution in [1.29, 1.82) is 0 Å². The molecule has 0 bridgehead atoms. The van der Waals surface area contributed by atoms with Crippen molar-refractivity contribution in [2.45, 2.75) is 13.0 Å². The van der Waals surface area contributed by atoms with Crippen molar-refractivity contribution in [1.82, 2.24) is 10.3 Å². The summed E-state index contributed by atoms with van der Waals surface area (Å²) in [5, 5.41) is 23.7. The highest BCUT2D eigenvalue weighted by molar-refractivity contribution is 5.52. The summed E-state index contributed by atoms with van der Waals surface area (Å²) in [5.41, 5.74) is 2.18. The van der Waals surface area contributed by atoms with Crippen LogP contribution in [-0.4, -0.2) is 21.6 Å². The molecule has 128 valence electrons. The molecule has 0 unspecified atom stereocenters. The van der Waals surface area contributed by atoms with Crippen molar-refractivity contribution in [2.24, 2.45) is 0 Å². The fourth-order valence-corrected chi connectivity index (χ4v) is 2.40. The number of aromatic nitrogens is 1. The summed E-state index contributed by atoms with van der Waals surface area (Å²) in [7, 11) is 0. The van der Waals surface area contributed by atoms with E-state index in [1.165, 1.54) is 18.2 Å². The first-order chi connectivity index (χ1) is 12.1. The second-order valence-electron chi connectivity index (χ2n) is 5.51. The first-order valence-corrected chi connectivity index (χ1v) is 7.80. The van der Waals surface area contributed by atoms with Crippen LogP contribution in [0.2, 0.25) is 0 Å². The molecule has 0 aliphatic carbocycles. The van der Waals surface area contributed by atoms with Gasteiger partial charge in [-0.2, -0.15) is 0 Å². The molecule has 0 spiro atoms. The van der Waals surface area contributed by atoms with E-state index in [9.17, 15) is 15.2 Å². The predicted octanol–water partition coefficient (Wildman–Crippen LogP) is 3.29. The van der Waals surface area contributed by atoms with Crippen molar-refractivity contribution < 1.29 is 14.4 Å². The van der Waals surface area contributed by atoms with Crippen molar-refractivity contribution in [3.63, 3.8) is 0 Å². The maximum Gasteiger partial charge on any atom is 0.270 e. The van der Waals surface area contributed by atoms with Crippen LogP contribution in [0.1, 0.15) is 11.3 Å². The van der Waals surface area contributed by atoms with Gasteiger partial charge in [0.15, 0.2) is 0 Å². The van der Waals surface area contributed by atoms with Crippen LogP contribution in [0, 0.1) is 10.1 Å². The third-order valence-corrected chi connectivity index (χ3v) is 3.72. The van der Waals surface area contributed by atoms with E-state index in [1.54, 1.807) is 6.26 Å². The third kappa shape index (κ3) is 4.21. The maximum absolute atomic E-state index is 10.8. The van der Waals surface area contributed by atoms with Crippen LogP contribution in [0.15, 0.2) is 59.2 Å². The highest BCUT2D eigenvalue weighted by Gasteiger charge is 2.10. The van der Waals surface area contributed by atoms with Gasteiger partial charge in [-0.1, -0.05) is 18.2 Å². The number of hydrogen-bond acceptors (Lipinski definition) is 6. The highest BCUT2D eigenvalue weighted by atomic mass is 16.6. The van der Waals surface area contributed by atoms with E-state index in [-0.39, 0.29) is 11.4 Å². The van der Waals surface area contributed by atoms with Crippen LogP contribution in [0.4, 0.5) is 5.69 Å². The summed E-state index contributed by atoms with van der Waals surface area (Å²) >= 11 is 0. The molecule has 0 radical (unpaired) electrons. The number of oxazole rings is 1. The molecular weight excluding hydrogens is 322 g/mol. The zero-order chi connectivity index (χ0) is 17.6. The lowest BCUT2D eigenvalue weighted by Gasteiger charge is -2.06. The summed E-state index contributed by atoms with van der Waals surface area (Å²) < 4.78 is 5.47. The molecule has 3 rings (SSSR count). The number of benzene rings is 2. The first-order valence-electron chi connectivity index (χ1n) is 7.80. The summed E-state index contributed by atoms with van der Waals surface area (Å²) in [5.74, 6) is 0.609. The second kappa shape index (κ2) is 7.59. The smallest absolute Gasteiger partial charge is 0.270 e. The first kappa shape index (κ1) is 16.7. The summed E-state index contributed by atoms with van der Waals surface area (Å²) in [6.45, 7) is 0.930. The third-order valence-electron chi connectivity index (χ3n) is 3.72. The highest BCUT2D eigenvalue weighted by Crippen LogP contribution is 2.22. The van der Waals surface area contributed by atoms with Crippen molar-refractivity contribution in [2.75, 3.05) is 6.54 Å². The van der Waals surface area contributed by atoms with E-state index in [2.05, 4.69) is 10.3 Å². The second-order valence-corrected chi connectivity index (χ2v) is 5.51. The van der Waals surface area contributed by atoms with Crippen LogP contribution in [0.5, 0.6) is 5.75 Å². The van der Waals surface area contributed by atoms with Gasteiger partial charge >= 0.3 is 0 Å². The molecule has 1 aromatic heterocycles. The SMILES string of the molecule is O=[N+]([O-])c1ccc(O)c(CNCCc2coc(-c3ccccc3)n2)c1. The summed E-state index contributed by atoms with van der Waals surface area (Å²) in [4.78, 5) is 14.7. The molecule has 7 heteroatoms. The van der Waals surface area contributed by atoms with Gasteiger partial charge in [-0.25, -0.2) is 4.98 Å². The number of phenols is 1. The average Bonchev–Trinajstić information content (AvgIpc) is 3.09. The Morgan fingerprint density at radius 1 is 1.20 bits per heavy atom. The molecule has 7 nitrogen and oxygen atoms in total. The predicted molar refractivity (Wildman–Crippen MR) is 92.1 cm³/mol. The lowest BCUT2D eigenvalue weighted by atomic mass is 10.1. The molecule has 0 fully saturated rings. The van der Waals surface area contributed by atoms with E-state index < -0.39 is 4.92 Å². The lowest BCUT2D eigenvalue weighted by molar-refractivity contribution is -0.384. The Hall–Kier alpha value is -3.19. The fraction of sp³-hybridized carbons (Fsp3) is 0.167. The molecule has 0 saturated heterocycles. The molecule has 0 saturated carbocycles. The van der Waals surface area contributed by atoms with Crippen molar-refractivity contribution in [3.05, 3.63) is 76.2 Å². The molecule has 0 amide bonds. The lowest BCUT2D eigenvalue weighted by Crippen LogP contribution is -2.17. The van der Waals surface area contributed by atoms with Crippen LogP contribution in [0.3, 0.4) is 0 Å². The zero-order valence-corrected chi connectivity index (χ0v) is 13.4. The van der Waals surface area contributed by atoms with Gasteiger partial charge in [0.25, 0.3) is 5.69 Å². The topological polar surface area (TPSA) is 101 Å². The van der Waals surface area contributed by atoms with E-state index in [4.69, 9.17) is 4.42 Å². The largest absolute Gasteiger partial charge is 0.508 e. The van der Waals surface area contributed by atoms with Crippen molar-refractivity contribution in [3.8, 4) is 17.2 Å². The number of phenolic OH excluding ortho intramolecular Hbond substituents is 1. The fourth-order valence-electron chi connectivity index (χ4n) is 2.40. The average molecular weight is 339 g/mol. The van der Waals surface area contributed by atoms with Gasteiger partial charge in [-0.15, -0.1) is 0 Å². The van der Waals surface area contributed by atoms with Crippen molar-refractivity contribution >= 4 is 5.69 Å². The minimum atomic E-state index is -0.483. The quantitative estimate of drug-likeness (QED) is 0.389. The van der Waals surface area contributed by atoms with Gasteiger partial charge in [0.05, 0.1) is 10.6 Å². The normalized spacial score (nSPS) is 10.7. The van der Waals surface area contributed by atoms with Gasteiger partial charge in [0.2, 0.25) is 5.89 Å². The van der Waals surface area contributed by atoms with E-state index in [1.807, 2.05) is 30.3 Å². The number of rotatable bonds is 7. The number of non-ortho nitro benzene ring substituents is 1.